The Morgan fingerprint density at radius 3 is 2.53 bits per heavy atom. The Bertz CT molecular complexity index is 255. The molecule has 1 heterocycles. The van der Waals surface area contributed by atoms with Crippen LogP contribution in [-0.4, -0.2) is 32.1 Å². The van der Waals surface area contributed by atoms with Gasteiger partial charge in [0.25, 0.3) is 0 Å². The molecule has 1 atom stereocenters. The van der Waals surface area contributed by atoms with Gasteiger partial charge in [-0.15, -0.1) is 11.3 Å². The van der Waals surface area contributed by atoms with Crippen molar-refractivity contribution in [1.29, 1.82) is 0 Å². The van der Waals surface area contributed by atoms with E-state index in [1.807, 2.05) is 11.3 Å². The molecule has 3 heteroatoms. The second kappa shape index (κ2) is 6.26. The van der Waals surface area contributed by atoms with Crippen LogP contribution >= 0.6 is 11.3 Å². The largest absolute Gasteiger partial charge is 0.315 e. The fourth-order valence-electron chi connectivity index (χ4n) is 1.53. The number of likely N-dealkylation sites (N-methyl/N-ethyl adjacent to an activating group) is 1. The fraction of sp³-hybridized carbons (Fsp3) is 0.667. The Morgan fingerprint density at radius 2 is 2.07 bits per heavy atom. The predicted molar refractivity (Wildman–Crippen MR) is 68.5 cm³/mol. The van der Waals surface area contributed by atoms with E-state index in [9.17, 15) is 0 Å². The maximum absolute atomic E-state index is 3.52. The zero-order chi connectivity index (χ0) is 11.3. The highest BCUT2D eigenvalue weighted by atomic mass is 32.1. The topological polar surface area (TPSA) is 15.3 Å². The van der Waals surface area contributed by atoms with E-state index in [0.29, 0.717) is 6.04 Å². The number of nitrogens with zero attached hydrogens (tertiary/aromatic N) is 1. The van der Waals surface area contributed by atoms with Gasteiger partial charge in [-0.3, -0.25) is 0 Å². The van der Waals surface area contributed by atoms with Crippen molar-refractivity contribution < 1.29 is 0 Å². The molecule has 0 bridgehead atoms. The van der Waals surface area contributed by atoms with Gasteiger partial charge in [-0.2, -0.15) is 0 Å². The normalized spacial score (nSPS) is 13.7. The van der Waals surface area contributed by atoms with Crippen LogP contribution in [0, 0.1) is 5.92 Å². The second-order valence-corrected chi connectivity index (χ2v) is 5.53. The molecule has 0 saturated carbocycles. The van der Waals surface area contributed by atoms with Gasteiger partial charge >= 0.3 is 0 Å². The summed E-state index contributed by atoms with van der Waals surface area (Å²) in [5.74, 6) is 0.719. The molecule has 15 heavy (non-hydrogen) atoms. The lowest BCUT2D eigenvalue weighted by Gasteiger charge is -2.24. The van der Waals surface area contributed by atoms with E-state index < -0.39 is 0 Å². The third kappa shape index (κ3) is 4.33. The molecular formula is C12H22N2S. The summed E-state index contributed by atoms with van der Waals surface area (Å²) in [5, 5.41) is 5.67. The summed E-state index contributed by atoms with van der Waals surface area (Å²) in [6, 6.07) is 4.84. The van der Waals surface area contributed by atoms with Crippen LogP contribution in [0.4, 0.5) is 0 Å². The molecule has 0 aliphatic rings. The van der Waals surface area contributed by atoms with Crippen LogP contribution in [0.2, 0.25) is 0 Å². The highest BCUT2D eigenvalue weighted by Gasteiger charge is 2.14. The summed E-state index contributed by atoms with van der Waals surface area (Å²) in [5.41, 5.74) is 0. The van der Waals surface area contributed by atoms with Crippen molar-refractivity contribution in [2.75, 3.05) is 27.2 Å². The van der Waals surface area contributed by atoms with Crippen LogP contribution in [0.25, 0.3) is 0 Å². The van der Waals surface area contributed by atoms with Crippen LogP contribution < -0.4 is 5.32 Å². The maximum atomic E-state index is 3.52. The summed E-state index contributed by atoms with van der Waals surface area (Å²) >= 11 is 1.84. The average molecular weight is 226 g/mol. The van der Waals surface area contributed by atoms with Crippen molar-refractivity contribution in [1.82, 2.24) is 10.2 Å². The van der Waals surface area contributed by atoms with E-state index in [2.05, 4.69) is 55.7 Å². The van der Waals surface area contributed by atoms with Crippen molar-refractivity contribution in [3.63, 3.8) is 0 Å². The quantitative estimate of drug-likeness (QED) is 0.802. The molecule has 0 aromatic carbocycles. The molecule has 86 valence electrons. The van der Waals surface area contributed by atoms with Gasteiger partial charge in [-0.1, -0.05) is 19.9 Å². The molecule has 2 nitrogen and oxygen atoms in total. The Balaban J connectivity index is 2.45. The van der Waals surface area contributed by atoms with Gasteiger partial charge in [0, 0.05) is 11.4 Å². The van der Waals surface area contributed by atoms with Crippen LogP contribution in [-0.2, 0) is 0 Å². The molecule has 0 aliphatic carbocycles. The molecule has 0 fully saturated rings. The number of hydrogen-bond acceptors (Lipinski definition) is 3. The molecule has 1 N–H and O–H groups in total. The monoisotopic (exact) mass is 226 g/mol. The Labute approximate surface area is 97.3 Å². The van der Waals surface area contributed by atoms with Crippen LogP contribution in [0.15, 0.2) is 17.5 Å². The molecule has 1 aromatic heterocycles. The summed E-state index contributed by atoms with van der Waals surface area (Å²) in [6.45, 7) is 6.60. The Kier molecular flexibility index (Phi) is 5.29. The third-order valence-electron chi connectivity index (χ3n) is 2.39. The minimum Gasteiger partial charge on any atom is -0.315 e. The van der Waals surface area contributed by atoms with Gasteiger partial charge in [-0.25, -0.2) is 0 Å². The zero-order valence-corrected chi connectivity index (χ0v) is 11.0. The molecule has 0 amide bonds. The van der Waals surface area contributed by atoms with Crippen molar-refractivity contribution in [3.8, 4) is 0 Å². The first kappa shape index (κ1) is 12.7. The van der Waals surface area contributed by atoms with E-state index in [0.717, 1.165) is 19.0 Å². The van der Waals surface area contributed by atoms with E-state index in [1.54, 1.807) is 0 Å². The third-order valence-corrected chi connectivity index (χ3v) is 3.36. The lowest BCUT2D eigenvalue weighted by molar-refractivity contribution is 0.289. The molecule has 1 unspecified atom stereocenters. The SMILES string of the molecule is CC(C)CNCC(c1cccs1)N(C)C. The number of nitrogens with one attached hydrogen (secondary N) is 1. The van der Waals surface area contributed by atoms with E-state index in [-0.39, 0.29) is 0 Å². The second-order valence-electron chi connectivity index (χ2n) is 4.55. The highest BCUT2D eigenvalue weighted by Crippen LogP contribution is 2.22. The Hall–Kier alpha value is -0.380. The number of hydrogen-bond donors (Lipinski definition) is 1. The van der Waals surface area contributed by atoms with Gasteiger partial charge in [0.05, 0.1) is 6.04 Å². The average Bonchev–Trinajstić information content (AvgIpc) is 2.63. The Morgan fingerprint density at radius 1 is 1.33 bits per heavy atom. The van der Waals surface area contributed by atoms with Crippen molar-refractivity contribution in [2.45, 2.75) is 19.9 Å². The number of rotatable bonds is 6. The van der Waals surface area contributed by atoms with Crippen LogP contribution in [0.5, 0.6) is 0 Å². The molecular weight excluding hydrogens is 204 g/mol. The molecule has 0 saturated heterocycles. The van der Waals surface area contributed by atoms with Gasteiger partial charge < -0.3 is 10.2 Å². The minimum absolute atomic E-state index is 0.503. The van der Waals surface area contributed by atoms with Gasteiger partial charge in [0.1, 0.15) is 0 Å². The summed E-state index contributed by atoms with van der Waals surface area (Å²) in [7, 11) is 4.28. The summed E-state index contributed by atoms with van der Waals surface area (Å²) < 4.78 is 0. The van der Waals surface area contributed by atoms with Crippen molar-refractivity contribution in [3.05, 3.63) is 22.4 Å². The standard InChI is InChI=1S/C12H22N2S/c1-10(2)8-13-9-11(14(3)4)12-6-5-7-15-12/h5-7,10-11,13H,8-9H2,1-4H3. The first-order valence-corrected chi connectivity index (χ1v) is 6.39. The fourth-order valence-corrected chi connectivity index (χ4v) is 2.45. The van der Waals surface area contributed by atoms with E-state index in [4.69, 9.17) is 0 Å². The zero-order valence-electron chi connectivity index (χ0n) is 10.2. The molecule has 1 aromatic rings. The summed E-state index contributed by atoms with van der Waals surface area (Å²) in [4.78, 5) is 3.72. The lowest BCUT2D eigenvalue weighted by Crippen LogP contribution is -2.32. The molecule has 0 aliphatic heterocycles. The van der Waals surface area contributed by atoms with Crippen molar-refractivity contribution >= 4 is 11.3 Å². The minimum atomic E-state index is 0.503. The maximum Gasteiger partial charge on any atom is 0.0561 e. The predicted octanol–water partition coefficient (Wildman–Crippen LogP) is 2.60. The molecule has 0 spiro atoms. The van der Waals surface area contributed by atoms with E-state index in [1.165, 1.54) is 4.88 Å². The molecule has 1 rings (SSSR count). The van der Waals surface area contributed by atoms with Crippen LogP contribution in [0.1, 0.15) is 24.8 Å². The van der Waals surface area contributed by atoms with Gasteiger partial charge in [-0.05, 0) is 38.0 Å². The number of thiophene rings is 1. The van der Waals surface area contributed by atoms with E-state index >= 15 is 0 Å². The highest BCUT2D eigenvalue weighted by molar-refractivity contribution is 7.10. The van der Waals surface area contributed by atoms with Gasteiger partial charge in [0.2, 0.25) is 0 Å². The lowest BCUT2D eigenvalue weighted by atomic mass is 10.2. The first-order valence-electron chi connectivity index (χ1n) is 5.51. The van der Waals surface area contributed by atoms with Gasteiger partial charge in [0.15, 0.2) is 0 Å². The van der Waals surface area contributed by atoms with Crippen LogP contribution in [0.3, 0.4) is 0 Å². The van der Waals surface area contributed by atoms with Crippen molar-refractivity contribution in [2.24, 2.45) is 5.92 Å². The smallest absolute Gasteiger partial charge is 0.0561 e. The molecule has 0 radical (unpaired) electrons. The summed E-state index contributed by atoms with van der Waals surface area (Å²) in [6.07, 6.45) is 0. The first-order chi connectivity index (χ1) is 7.11.